The third kappa shape index (κ3) is 2.79. The minimum Gasteiger partial charge on any atom is -0.508 e. The maximum Gasteiger partial charge on any atom is 0.115 e. The van der Waals surface area contributed by atoms with Gasteiger partial charge < -0.3 is 10.4 Å². The number of aromatic hydroxyl groups is 1. The second-order valence-electron chi connectivity index (χ2n) is 7.17. The standard InChI is InChI=1S/C17H25NO/c1-17(2)9-12(10-17)11-18-16-5-3-4-13-6-7-14(19)8-15(13)16/h6-8,12,16,18-19H,3-5,9-11H2,1-2H3. The summed E-state index contributed by atoms with van der Waals surface area (Å²) in [5.41, 5.74) is 3.30. The van der Waals surface area contributed by atoms with Crippen LogP contribution in [0.5, 0.6) is 5.75 Å². The highest BCUT2D eigenvalue weighted by atomic mass is 16.3. The molecule has 0 radical (unpaired) electrons. The maximum atomic E-state index is 9.68. The van der Waals surface area contributed by atoms with Crippen LogP contribution in [0.4, 0.5) is 0 Å². The smallest absolute Gasteiger partial charge is 0.115 e. The Balaban J connectivity index is 1.62. The summed E-state index contributed by atoms with van der Waals surface area (Å²) in [5.74, 6) is 1.25. The number of nitrogens with one attached hydrogen (secondary N) is 1. The molecule has 1 atom stereocenters. The summed E-state index contributed by atoms with van der Waals surface area (Å²) in [7, 11) is 0. The summed E-state index contributed by atoms with van der Waals surface area (Å²) >= 11 is 0. The highest BCUT2D eigenvalue weighted by Gasteiger charge is 2.36. The van der Waals surface area contributed by atoms with E-state index < -0.39 is 0 Å². The van der Waals surface area contributed by atoms with Gasteiger partial charge in [-0.05, 0) is 73.2 Å². The van der Waals surface area contributed by atoms with Crippen LogP contribution < -0.4 is 5.32 Å². The van der Waals surface area contributed by atoms with Crippen molar-refractivity contribution in [2.75, 3.05) is 6.54 Å². The van der Waals surface area contributed by atoms with E-state index >= 15 is 0 Å². The quantitative estimate of drug-likeness (QED) is 0.865. The Bertz CT molecular complexity index is 458. The summed E-state index contributed by atoms with van der Waals surface area (Å²) < 4.78 is 0. The maximum absolute atomic E-state index is 9.68. The first-order valence-corrected chi connectivity index (χ1v) is 7.59. The zero-order chi connectivity index (χ0) is 13.5. The average molecular weight is 259 g/mol. The van der Waals surface area contributed by atoms with Crippen molar-refractivity contribution in [1.29, 1.82) is 0 Å². The first kappa shape index (κ1) is 13.0. The molecule has 0 aliphatic heterocycles. The fraction of sp³-hybridized carbons (Fsp3) is 0.647. The summed E-state index contributed by atoms with van der Waals surface area (Å²) in [6.07, 6.45) is 6.31. The molecule has 104 valence electrons. The molecular weight excluding hydrogens is 234 g/mol. The minimum absolute atomic E-state index is 0.400. The van der Waals surface area contributed by atoms with E-state index in [9.17, 15) is 5.11 Å². The van der Waals surface area contributed by atoms with Gasteiger partial charge in [-0.25, -0.2) is 0 Å². The largest absolute Gasteiger partial charge is 0.508 e. The molecule has 0 heterocycles. The van der Waals surface area contributed by atoms with Crippen molar-refractivity contribution in [3.8, 4) is 5.75 Å². The van der Waals surface area contributed by atoms with Crippen molar-refractivity contribution >= 4 is 0 Å². The molecule has 2 aliphatic rings. The topological polar surface area (TPSA) is 32.3 Å². The third-order valence-electron chi connectivity index (χ3n) is 4.78. The van der Waals surface area contributed by atoms with E-state index in [2.05, 4.69) is 25.2 Å². The monoisotopic (exact) mass is 259 g/mol. The fourth-order valence-corrected chi connectivity index (χ4v) is 3.95. The molecule has 2 heteroatoms. The van der Waals surface area contributed by atoms with Gasteiger partial charge in [-0.15, -0.1) is 0 Å². The van der Waals surface area contributed by atoms with Gasteiger partial charge in [0, 0.05) is 6.04 Å². The molecule has 1 fully saturated rings. The van der Waals surface area contributed by atoms with E-state index in [4.69, 9.17) is 0 Å². The van der Waals surface area contributed by atoms with Gasteiger partial charge in [0.05, 0.1) is 0 Å². The van der Waals surface area contributed by atoms with Crippen molar-refractivity contribution in [3.05, 3.63) is 29.3 Å². The Morgan fingerprint density at radius 2 is 2.11 bits per heavy atom. The summed E-state index contributed by atoms with van der Waals surface area (Å²) in [6.45, 7) is 5.85. The van der Waals surface area contributed by atoms with Gasteiger partial charge in [0.1, 0.15) is 5.75 Å². The zero-order valence-corrected chi connectivity index (χ0v) is 12.1. The lowest BCUT2D eigenvalue weighted by molar-refractivity contribution is 0.0927. The van der Waals surface area contributed by atoms with Crippen molar-refractivity contribution in [2.45, 2.75) is 52.0 Å². The van der Waals surface area contributed by atoms with Crippen LogP contribution >= 0.6 is 0 Å². The van der Waals surface area contributed by atoms with E-state index in [1.54, 1.807) is 0 Å². The molecule has 0 spiro atoms. The second kappa shape index (κ2) is 4.82. The molecule has 2 nitrogen and oxygen atoms in total. The van der Waals surface area contributed by atoms with E-state index in [1.807, 2.05) is 12.1 Å². The molecule has 1 saturated carbocycles. The first-order valence-electron chi connectivity index (χ1n) is 7.59. The SMILES string of the molecule is CC1(C)CC(CNC2CCCc3ccc(O)cc32)C1. The Hall–Kier alpha value is -1.02. The molecular formula is C17H25NO. The number of rotatable bonds is 3. The lowest BCUT2D eigenvalue weighted by Gasteiger charge is -2.43. The molecule has 2 aliphatic carbocycles. The van der Waals surface area contributed by atoms with Crippen molar-refractivity contribution < 1.29 is 5.11 Å². The minimum atomic E-state index is 0.400. The second-order valence-corrected chi connectivity index (χ2v) is 7.17. The molecule has 0 saturated heterocycles. The van der Waals surface area contributed by atoms with Gasteiger partial charge >= 0.3 is 0 Å². The molecule has 0 aromatic heterocycles. The normalized spacial score (nSPS) is 25.7. The number of phenolic OH excluding ortho intramolecular Hbond substituents is 1. The van der Waals surface area contributed by atoms with E-state index in [1.165, 1.54) is 36.8 Å². The molecule has 2 N–H and O–H groups in total. The summed E-state index contributed by atoms with van der Waals surface area (Å²) in [5, 5.41) is 13.4. The Morgan fingerprint density at radius 1 is 1.32 bits per heavy atom. The van der Waals surface area contributed by atoms with Gasteiger partial charge in [0.2, 0.25) is 0 Å². The summed E-state index contributed by atoms with van der Waals surface area (Å²) in [4.78, 5) is 0. The van der Waals surface area contributed by atoms with E-state index in [-0.39, 0.29) is 0 Å². The van der Waals surface area contributed by atoms with Crippen LogP contribution in [0.15, 0.2) is 18.2 Å². The van der Waals surface area contributed by atoms with Gasteiger partial charge in [0.15, 0.2) is 0 Å². The highest BCUT2D eigenvalue weighted by Crippen LogP contribution is 2.44. The average Bonchev–Trinajstić information content (AvgIpc) is 2.33. The number of hydrogen-bond acceptors (Lipinski definition) is 2. The molecule has 3 rings (SSSR count). The predicted molar refractivity (Wildman–Crippen MR) is 78.3 cm³/mol. The number of aryl methyl sites for hydroxylation is 1. The van der Waals surface area contributed by atoms with Crippen LogP contribution in [0.3, 0.4) is 0 Å². The van der Waals surface area contributed by atoms with Crippen LogP contribution in [0.2, 0.25) is 0 Å². The van der Waals surface area contributed by atoms with Crippen LogP contribution in [0.1, 0.15) is 56.7 Å². The number of benzene rings is 1. The lowest BCUT2D eigenvalue weighted by Crippen LogP contribution is -2.39. The van der Waals surface area contributed by atoms with Crippen molar-refractivity contribution in [1.82, 2.24) is 5.32 Å². The van der Waals surface area contributed by atoms with Crippen molar-refractivity contribution in [2.24, 2.45) is 11.3 Å². The molecule has 1 aromatic carbocycles. The number of hydrogen-bond donors (Lipinski definition) is 2. The molecule has 19 heavy (non-hydrogen) atoms. The predicted octanol–water partition coefficient (Wildman–Crippen LogP) is 3.80. The van der Waals surface area contributed by atoms with Crippen LogP contribution in [0.25, 0.3) is 0 Å². The summed E-state index contributed by atoms with van der Waals surface area (Å²) in [6, 6.07) is 6.30. The van der Waals surface area contributed by atoms with Gasteiger partial charge in [0.25, 0.3) is 0 Å². The van der Waals surface area contributed by atoms with Gasteiger partial charge in [-0.2, -0.15) is 0 Å². The van der Waals surface area contributed by atoms with E-state index in [0.29, 0.717) is 17.2 Å². The van der Waals surface area contributed by atoms with Crippen LogP contribution in [0, 0.1) is 11.3 Å². The Morgan fingerprint density at radius 3 is 2.84 bits per heavy atom. The third-order valence-corrected chi connectivity index (χ3v) is 4.78. The molecule has 0 bridgehead atoms. The number of fused-ring (bicyclic) bond motifs is 1. The molecule has 0 amide bonds. The lowest BCUT2D eigenvalue weighted by atomic mass is 9.64. The fourth-order valence-electron chi connectivity index (χ4n) is 3.95. The van der Waals surface area contributed by atoms with Gasteiger partial charge in [-0.1, -0.05) is 19.9 Å². The van der Waals surface area contributed by atoms with Crippen molar-refractivity contribution in [3.63, 3.8) is 0 Å². The van der Waals surface area contributed by atoms with E-state index in [0.717, 1.165) is 18.9 Å². The van der Waals surface area contributed by atoms with Gasteiger partial charge in [-0.3, -0.25) is 0 Å². The molecule has 1 unspecified atom stereocenters. The highest BCUT2D eigenvalue weighted by molar-refractivity contribution is 5.38. The molecule has 1 aromatic rings. The van der Waals surface area contributed by atoms with Crippen LogP contribution in [-0.4, -0.2) is 11.7 Å². The number of phenols is 1. The van der Waals surface area contributed by atoms with Crippen LogP contribution in [-0.2, 0) is 6.42 Å². The first-order chi connectivity index (χ1) is 9.03. The Kier molecular flexibility index (Phi) is 3.30. The zero-order valence-electron chi connectivity index (χ0n) is 12.1. The Labute approximate surface area is 116 Å².